The van der Waals surface area contributed by atoms with E-state index in [0.717, 1.165) is 11.6 Å². The van der Waals surface area contributed by atoms with Crippen LogP contribution in [0.5, 0.6) is 5.75 Å². The fourth-order valence-electron chi connectivity index (χ4n) is 3.24. The van der Waals surface area contributed by atoms with Crippen LogP contribution in [0.15, 0.2) is 78.1 Å². The SMILES string of the molecule is Cn1cnc(-c2cc(Cl)c(F)c(C(=O)NNS(=O)(=O)c3cccc(OCc4ccccc4)c3F)c2)c1. The Hall–Kier alpha value is -3.80. The number of ether oxygens (including phenoxy) is 1. The third-order valence-electron chi connectivity index (χ3n) is 5.03. The molecule has 0 bridgehead atoms. The molecule has 0 spiro atoms. The lowest BCUT2D eigenvalue weighted by Gasteiger charge is -2.13. The van der Waals surface area contributed by atoms with Crippen molar-refractivity contribution in [2.24, 2.45) is 7.05 Å². The monoisotopic (exact) mass is 532 g/mol. The van der Waals surface area contributed by atoms with Crippen LogP contribution in [0.25, 0.3) is 11.3 Å². The molecule has 0 saturated heterocycles. The molecule has 1 amide bonds. The Kier molecular flexibility index (Phi) is 7.34. The normalized spacial score (nSPS) is 11.3. The molecular weight excluding hydrogens is 514 g/mol. The van der Waals surface area contributed by atoms with Crippen LogP contribution in [0.4, 0.5) is 8.78 Å². The zero-order chi connectivity index (χ0) is 25.9. The van der Waals surface area contributed by atoms with Crippen LogP contribution in [0.2, 0.25) is 5.02 Å². The Morgan fingerprint density at radius 1 is 1.08 bits per heavy atom. The number of hydrogen-bond donors (Lipinski definition) is 2. The van der Waals surface area contributed by atoms with Crippen LogP contribution in [0.3, 0.4) is 0 Å². The molecule has 4 aromatic rings. The quantitative estimate of drug-likeness (QED) is 0.331. The number of benzene rings is 3. The van der Waals surface area contributed by atoms with Gasteiger partial charge in [-0.2, -0.15) is 0 Å². The summed E-state index contributed by atoms with van der Waals surface area (Å²) in [5.74, 6) is -3.65. The van der Waals surface area contributed by atoms with Crippen LogP contribution < -0.4 is 15.0 Å². The highest BCUT2D eigenvalue weighted by atomic mass is 35.5. The van der Waals surface area contributed by atoms with Crippen molar-refractivity contribution in [3.8, 4) is 17.0 Å². The molecule has 12 heteroatoms. The summed E-state index contributed by atoms with van der Waals surface area (Å²) in [5.41, 5.74) is 2.86. The Balaban J connectivity index is 1.51. The molecule has 1 aromatic heterocycles. The predicted molar refractivity (Wildman–Crippen MR) is 129 cm³/mol. The smallest absolute Gasteiger partial charge is 0.269 e. The molecular formula is C24H19ClF2N4O4S. The van der Waals surface area contributed by atoms with Gasteiger partial charge >= 0.3 is 0 Å². The molecule has 0 fully saturated rings. The number of hydrazine groups is 1. The second kappa shape index (κ2) is 10.4. The van der Waals surface area contributed by atoms with Gasteiger partial charge in [0.2, 0.25) is 0 Å². The number of sulfonamides is 1. The summed E-state index contributed by atoms with van der Waals surface area (Å²) in [5, 5.41) is -0.361. The molecule has 0 unspecified atom stereocenters. The summed E-state index contributed by atoms with van der Waals surface area (Å²) in [4.78, 5) is 17.7. The molecule has 0 atom stereocenters. The summed E-state index contributed by atoms with van der Waals surface area (Å²) in [6.45, 7) is 0.0120. The van der Waals surface area contributed by atoms with Gasteiger partial charge in [0, 0.05) is 18.8 Å². The van der Waals surface area contributed by atoms with Gasteiger partial charge in [0.25, 0.3) is 15.9 Å². The lowest BCUT2D eigenvalue weighted by Crippen LogP contribution is -2.42. The molecule has 3 aromatic carbocycles. The maximum Gasteiger partial charge on any atom is 0.269 e. The molecule has 2 N–H and O–H groups in total. The molecule has 0 saturated carbocycles. The Morgan fingerprint density at radius 3 is 2.53 bits per heavy atom. The first-order chi connectivity index (χ1) is 17.2. The molecule has 36 heavy (non-hydrogen) atoms. The van der Waals surface area contributed by atoms with Crippen molar-refractivity contribution in [3.63, 3.8) is 0 Å². The number of carbonyl (C=O) groups is 1. The zero-order valence-corrected chi connectivity index (χ0v) is 20.3. The minimum atomic E-state index is -4.59. The van der Waals surface area contributed by atoms with E-state index < -0.39 is 38.0 Å². The van der Waals surface area contributed by atoms with Gasteiger partial charge in [-0.05, 0) is 29.8 Å². The van der Waals surface area contributed by atoms with E-state index >= 15 is 0 Å². The van der Waals surface area contributed by atoms with Crippen LogP contribution in [0, 0.1) is 11.6 Å². The maximum atomic E-state index is 14.9. The third kappa shape index (κ3) is 5.54. The molecule has 8 nitrogen and oxygen atoms in total. The highest BCUT2D eigenvalue weighted by molar-refractivity contribution is 7.89. The molecule has 1 heterocycles. The average molecular weight is 533 g/mol. The van der Waals surface area contributed by atoms with Gasteiger partial charge in [-0.3, -0.25) is 10.2 Å². The van der Waals surface area contributed by atoms with Gasteiger partial charge in [0.05, 0.1) is 22.6 Å². The number of carbonyl (C=O) groups excluding carboxylic acids is 1. The van der Waals surface area contributed by atoms with E-state index in [2.05, 4.69) is 4.98 Å². The highest BCUT2D eigenvalue weighted by Gasteiger charge is 2.24. The topological polar surface area (TPSA) is 102 Å². The van der Waals surface area contributed by atoms with E-state index in [1.807, 2.05) is 11.5 Å². The molecule has 0 aliphatic carbocycles. The predicted octanol–water partition coefficient (Wildman–Crippen LogP) is 4.22. The largest absolute Gasteiger partial charge is 0.486 e. The van der Waals surface area contributed by atoms with Gasteiger partial charge in [-0.25, -0.2) is 22.2 Å². The number of nitrogens with zero attached hydrogens (tertiary/aromatic N) is 2. The molecule has 4 rings (SSSR count). The second-order valence-electron chi connectivity index (χ2n) is 7.65. The number of amides is 1. The number of aryl methyl sites for hydroxylation is 1. The average Bonchev–Trinajstić information content (AvgIpc) is 3.30. The fourth-order valence-corrected chi connectivity index (χ4v) is 4.40. The standard InChI is InChI=1S/C24H19ClF2N4O4S/c1-31-12-19(28-14-31)16-10-17(22(26)18(25)11-16)24(32)29-30-36(33,34)21-9-5-8-20(23(21)27)35-13-15-6-3-2-4-7-15/h2-12,14,30H,13H2,1H3,(H,29,32). The first-order valence-corrected chi connectivity index (χ1v) is 12.3. The van der Waals surface area contributed by atoms with Gasteiger partial charge in [0.1, 0.15) is 11.5 Å². The number of rotatable bonds is 8. The molecule has 186 valence electrons. The van der Waals surface area contributed by atoms with Crippen molar-refractivity contribution in [3.05, 3.63) is 101 Å². The van der Waals surface area contributed by atoms with Gasteiger partial charge in [0.15, 0.2) is 17.4 Å². The van der Waals surface area contributed by atoms with Crippen LogP contribution in [-0.4, -0.2) is 23.9 Å². The first kappa shape index (κ1) is 25.3. The zero-order valence-electron chi connectivity index (χ0n) is 18.7. The number of aromatic nitrogens is 2. The van der Waals surface area contributed by atoms with Gasteiger partial charge in [-0.15, -0.1) is 4.83 Å². The molecule has 0 radical (unpaired) electrons. The Bertz CT molecular complexity index is 1530. The third-order valence-corrected chi connectivity index (χ3v) is 6.57. The van der Waals surface area contributed by atoms with Crippen LogP contribution >= 0.6 is 11.6 Å². The number of nitrogens with one attached hydrogen (secondary N) is 2. The number of hydrogen-bond acceptors (Lipinski definition) is 5. The number of halogens is 3. The first-order valence-electron chi connectivity index (χ1n) is 10.4. The summed E-state index contributed by atoms with van der Waals surface area (Å²) in [6.07, 6.45) is 3.14. The summed E-state index contributed by atoms with van der Waals surface area (Å²) in [6, 6.07) is 14.9. The van der Waals surface area contributed by atoms with E-state index in [9.17, 15) is 22.0 Å². The van der Waals surface area contributed by atoms with Crippen molar-refractivity contribution in [1.82, 2.24) is 19.8 Å². The maximum absolute atomic E-state index is 14.9. The Labute approximate surface area is 210 Å². The molecule has 0 aliphatic heterocycles. The molecule has 0 aliphatic rings. The van der Waals surface area contributed by atoms with Gasteiger partial charge in [-0.1, -0.05) is 48.0 Å². The van der Waals surface area contributed by atoms with Crippen molar-refractivity contribution < 1.29 is 26.7 Å². The lowest BCUT2D eigenvalue weighted by molar-refractivity contribution is 0.0941. The van der Waals surface area contributed by atoms with Crippen LogP contribution in [0.1, 0.15) is 15.9 Å². The van der Waals surface area contributed by atoms with Crippen molar-refractivity contribution >= 4 is 27.5 Å². The lowest BCUT2D eigenvalue weighted by atomic mass is 10.1. The van der Waals surface area contributed by atoms with Gasteiger partial charge < -0.3 is 9.30 Å². The van der Waals surface area contributed by atoms with Crippen molar-refractivity contribution in [1.29, 1.82) is 0 Å². The Morgan fingerprint density at radius 2 is 1.83 bits per heavy atom. The van der Waals surface area contributed by atoms with E-state index in [1.54, 1.807) is 46.9 Å². The summed E-state index contributed by atoms with van der Waals surface area (Å²) >= 11 is 5.93. The second-order valence-corrected chi connectivity index (χ2v) is 9.70. The van der Waals surface area contributed by atoms with Crippen LogP contribution in [-0.2, 0) is 23.7 Å². The van der Waals surface area contributed by atoms with E-state index in [1.165, 1.54) is 30.6 Å². The fraction of sp³-hybridized carbons (Fsp3) is 0.0833. The van der Waals surface area contributed by atoms with Crippen molar-refractivity contribution in [2.75, 3.05) is 0 Å². The van der Waals surface area contributed by atoms with E-state index in [0.29, 0.717) is 11.3 Å². The van der Waals surface area contributed by atoms with Crippen molar-refractivity contribution in [2.45, 2.75) is 11.5 Å². The summed E-state index contributed by atoms with van der Waals surface area (Å²) < 4.78 is 62.0. The van der Waals surface area contributed by atoms with E-state index in [-0.39, 0.29) is 17.4 Å². The summed E-state index contributed by atoms with van der Waals surface area (Å²) in [7, 11) is -2.86. The minimum Gasteiger partial charge on any atom is -0.486 e. The highest BCUT2D eigenvalue weighted by Crippen LogP contribution is 2.27. The minimum absolute atomic E-state index is 0.0120. The number of imidazole rings is 1. The van der Waals surface area contributed by atoms with E-state index in [4.69, 9.17) is 16.3 Å².